The highest BCUT2D eigenvalue weighted by Gasteiger charge is 2.32. The molecule has 2 fully saturated rings. The molecule has 0 bridgehead atoms. The maximum atomic E-state index is 3.69. The summed E-state index contributed by atoms with van der Waals surface area (Å²) >= 11 is 0. The molecule has 0 atom stereocenters. The lowest BCUT2D eigenvalue weighted by molar-refractivity contribution is 0.236. The Bertz CT molecular complexity index is 157. The van der Waals surface area contributed by atoms with E-state index >= 15 is 0 Å². The van der Waals surface area contributed by atoms with Gasteiger partial charge >= 0.3 is 0 Å². The summed E-state index contributed by atoms with van der Waals surface area (Å²) in [6.45, 7) is 5.97. The van der Waals surface area contributed by atoms with E-state index < -0.39 is 0 Å². The maximum absolute atomic E-state index is 3.69. The Morgan fingerprint density at radius 3 is 2.46 bits per heavy atom. The van der Waals surface area contributed by atoms with Crippen LogP contribution in [0.2, 0.25) is 0 Å². The molecule has 0 amide bonds. The van der Waals surface area contributed by atoms with E-state index in [9.17, 15) is 0 Å². The molecule has 0 radical (unpaired) electrons. The summed E-state index contributed by atoms with van der Waals surface area (Å²) in [7, 11) is 0. The molecule has 2 nitrogen and oxygen atoms in total. The summed E-state index contributed by atoms with van der Waals surface area (Å²) in [5.41, 5.74) is 0.662. The SMILES string of the molecule is CCC1(CNC2CNC2)CCCC1. The minimum absolute atomic E-state index is 0.662. The van der Waals surface area contributed by atoms with E-state index in [1.165, 1.54) is 51.7 Å². The van der Waals surface area contributed by atoms with Crippen molar-refractivity contribution in [3.05, 3.63) is 0 Å². The van der Waals surface area contributed by atoms with Gasteiger partial charge in [0, 0.05) is 25.7 Å². The molecule has 0 unspecified atom stereocenters. The van der Waals surface area contributed by atoms with E-state index in [4.69, 9.17) is 0 Å². The Hall–Kier alpha value is -0.0800. The Labute approximate surface area is 81.5 Å². The van der Waals surface area contributed by atoms with Crippen LogP contribution in [0, 0.1) is 5.41 Å². The second-order valence-electron chi connectivity index (χ2n) is 4.80. The van der Waals surface area contributed by atoms with Crippen LogP contribution >= 0.6 is 0 Å². The van der Waals surface area contributed by atoms with Crippen molar-refractivity contribution in [2.75, 3.05) is 19.6 Å². The molecule has 2 N–H and O–H groups in total. The van der Waals surface area contributed by atoms with E-state index in [1.54, 1.807) is 0 Å². The lowest BCUT2D eigenvalue weighted by Crippen LogP contribution is -2.57. The van der Waals surface area contributed by atoms with Gasteiger partial charge in [-0.1, -0.05) is 19.8 Å². The molecular weight excluding hydrogens is 160 g/mol. The van der Waals surface area contributed by atoms with Crippen molar-refractivity contribution < 1.29 is 0 Å². The van der Waals surface area contributed by atoms with Crippen LogP contribution in [0.5, 0.6) is 0 Å². The first kappa shape index (κ1) is 9.47. The molecular formula is C11H22N2. The van der Waals surface area contributed by atoms with Crippen molar-refractivity contribution >= 4 is 0 Å². The fourth-order valence-electron chi connectivity index (χ4n) is 2.57. The highest BCUT2D eigenvalue weighted by atomic mass is 15.1. The first-order valence-corrected chi connectivity index (χ1v) is 5.79. The van der Waals surface area contributed by atoms with Crippen molar-refractivity contribution in [1.29, 1.82) is 0 Å². The van der Waals surface area contributed by atoms with Gasteiger partial charge in [-0.25, -0.2) is 0 Å². The molecule has 0 aromatic heterocycles. The molecule has 76 valence electrons. The van der Waals surface area contributed by atoms with Crippen LogP contribution < -0.4 is 10.6 Å². The van der Waals surface area contributed by atoms with Gasteiger partial charge in [-0.05, 0) is 24.7 Å². The minimum atomic E-state index is 0.662. The number of hydrogen-bond acceptors (Lipinski definition) is 2. The quantitative estimate of drug-likeness (QED) is 0.689. The zero-order chi connectivity index (χ0) is 9.15. The van der Waals surface area contributed by atoms with E-state index in [2.05, 4.69) is 17.6 Å². The van der Waals surface area contributed by atoms with Crippen LogP contribution in [-0.4, -0.2) is 25.7 Å². The van der Waals surface area contributed by atoms with Crippen LogP contribution in [0.25, 0.3) is 0 Å². The summed E-state index contributed by atoms with van der Waals surface area (Å²) in [6, 6.07) is 0.768. The van der Waals surface area contributed by atoms with Crippen LogP contribution in [0.1, 0.15) is 39.0 Å². The first-order valence-electron chi connectivity index (χ1n) is 5.79. The predicted octanol–water partition coefficient (Wildman–Crippen LogP) is 1.52. The molecule has 1 heterocycles. The maximum Gasteiger partial charge on any atom is 0.0317 e. The predicted molar refractivity (Wildman–Crippen MR) is 55.9 cm³/mol. The van der Waals surface area contributed by atoms with Gasteiger partial charge in [-0.15, -0.1) is 0 Å². The smallest absolute Gasteiger partial charge is 0.0317 e. The molecule has 13 heavy (non-hydrogen) atoms. The Morgan fingerprint density at radius 2 is 2.00 bits per heavy atom. The Morgan fingerprint density at radius 1 is 1.31 bits per heavy atom. The highest BCUT2D eigenvalue weighted by molar-refractivity contribution is 4.89. The first-order chi connectivity index (χ1) is 6.35. The average molecular weight is 182 g/mol. The van der Waals surface area contributed by atoms with Crippen molar-refractivity contribution in [3.8, 4) is 0 Å². The van der Waals surface area contributed by atoms with Gasteiger partial charge in [0.15, 0.2) is 0 Å². The summed E-state index contributed by atoms with van der Waals surface area (Å²) < 4.78 is 0. The molecule has 0 aromatic carbocycles. The molecule has 2 rings (SSSR count). The fraction of sp³-hybridized carbons (Fsp3) is 1.00. The molecule has 1 aliphatic carbocycles. The monoisotopic (exact) mass is 182 g/mol. The second kappa shape index (κ2) is 3.97. The zero-order valence-corrected chi connectivity index (χ0v) is 8.73. The third kappa shape index (κ3) is 2.05. The summed E-state index contributed by atoms with van der Waals surface area (Å²) in [6.07, 6.45) is 7.18. The van der Waals surface area contributed by atoms with Crippen LogP contribution in [0.3, 0.4) is 0 Å². The third-order valence-corrected chi connectivity index (χ3v) is 3.96. The van der Waals surface area contributed by atoms with Gasteiger partial charge in [0.1, 0.15) is 0 Å². The van der Waals surface area contributed by atoms with E-state index in [0.717, 1.165) is 6.04 Å². The second-order valence-corrected chi connectivity index (χ2v) is 4.80. The summed E-state index contributed by atoms with van der Waals surface area (Å²) in [4.78, 5) is 0. The van der Waals surface area contributed by atoms with Crippen molar-refractivity contribution in [2.45, 2.75) is 45.1 Å². The average Bonchev–Trinajstić information content (AvgIpc) is 2.51. The van der Waals surface area contributed by atoms with E-state index in [-0.39, 0.29) is 0 Å². The van der Waals surface area contributed by atoms with E-state index in [1.807, 2.05) is 0 Å². The Kier molecular flexibility index (Phi) is 2.89. The third-order valence-electron chi connectivity index (χ3n) is 3.96. The van der Waals surface area contributed by atoms with Gasteiger partial charge in [0.25, 0.3) is 0 Å². The molecule has 2 aliphatic rings. The van der Waals surface area contributed by atoms with Gasteiger partial charge in [0.05, 0.1) is 0 Å². The number of rotatable bonds is 4. The zero-order valence-electron chi connectivity index (χ0n) is 8.73. The normalized spacial score (nSPS) is 27.5. The number of nitrogens with one attached hydrogen (secondary N) is 2. The van der Waals surface area contributed by atoms with Crippen molar-refractivity contribution in [2.24, 2.45) is 5.41 Å². The van der Waals surface area contributed by atoms with Crippen molar-refractivity contribution in [1.82, 2.24) is 10.6 Å². The van der Waals surface area contributed by atoms with Gasteiger partial charge < -0.3 is 10.6 Å². The number of hydrogen-bond donors (Lipinski definition) is 2. The van der Waals surface area contributed by atoms with Crippen LogP contribution in [0.4, 0.5) is 0 Å². The molecule has 0 spiro atoms. The standard InChI is InChI=1S/C11H22N2/c1-2-11(5-3-4-6-11)9-13-10-7-12-8-10/h10,12-13H,2-9H2,1H3. The molecule has 1 saturated carbocycles. The topological polar surface area (TPSA) is 24.1 Å². The summed E-state index contributed by atoms with van der Waals surface area (Å²) in [5.74, 6) is 0. The Balaban J connectivity index is 1.75. The van der Waals surface area contributed by atoms with Crippen molar-refractivity contribution in [3.63, 3.8) is 0 Å². The van der Waals surface area contributed by atoms with Crippen LogP contribution in [-0.2, 0) is 0 Å². The largest absolute Gasteiger partial charge is 0.314 e. The van der Waals surface area contributed by atoms with Gasteiger partial charge in [-0.3, -0.25) is 0 Å². The van der Waals surface area contributed by atoms with E-state index in [0.29, 0.717) is 5.41 Å². The lowest BCUT2D eigenvalue weighted by Gasteiger charge is -2.34. The fourth-order valence-corrected chi connectivity index (χ4v) is 2.57. The van der Waals surface area contributed by atoms with Crippen LogP contribution in [0.15, 0.2) is 0 Å². The molecule has 2 heteroatoms. The molecule has 0 aromatic rings. The highest BCUT2D eigenvalue weighted by Crippen LogP contribution is 2.40. The molecule has 1 aliphatic heterocycles. The molecule has 1 saturated heterocycles. The van der Waals surface area contributed by atoms with Gasteiger partial charge in [-0.2, -0.15) is 0 Å². The minimum Gasteiger partial charge on any atom is -0.314 e. The summed E-state index contributed by atoms with van der Waals surface area (Å²) in [5, 5.41) is 6.99. The lowest BCUT2D eigenvalue weighted by atomic mass is 9.83. The van der Waals surface area contributed by atoms with Gasteiger partial charge in [0.2, 0.25) is 0 Å².